The summed E-state index contributed by atoms with van der Waals surface area (Å²) in [5, 5.41) is 11.4. The Morgan fingerprint density at radius 3 is 2.76 bits per heavy atom. The molecule has 0 radical (unpaired) electrons. The van der Waals surface area contributed by atoms with E-state index < -0.39 is 0 Å². The Labute approximate surface area is 140 Å². The molecule has 0 aliphatic heterocycles. The maximum atomic E-state index is 12.0. The van der Waals surface area contributed by atoms with Gasteiger partial charge in [0.25, 0.3) is 0 Å². The number of nitrogens with zero attached hydrogens (tertiary/aromatic N) is 4. The second kappa shape index (κ2) is 7.22. The van der Waals surface area contributed by atoms with Gasteiger partial charge in [-0.1, -0.05) is 0 Å². The normalized spacial score (nSPS) is 12.4. The third kappa shape index (κ3) is 4.41. The minimum atomic E-state index is -0.322. The molecule has 2 rings (SSSR count). The molecule has 0 spiro atoms. The number of halogens is 2. The predicted molar refractivity (Wildman–Crippen MR) is 86.9 cm³/mol. The molecule has 1 amide bonds. The zero-order chi connectivity index (χ0) is 15.4. The molecule has 114 valence electrons. The van der Waals surface area contributed by atoms with E-state index in [1.165, 1.54) is 0 Å². The summed E-state index contributed by atoms with van der Waals surface area (Å²) in [6, 6.07) is -0.322. The SMILES string of the molecule is Cc1nn(CCCNC(=O)C(C)n2cc(Br)cn2)cc1Br. The van der Waals surface area contributed by atoms with E-state index in [4.69, 9.17) is 0 Å². The minimum absolute atomic E-state index is 0.0385. The Morgan fingerprint density at radius 1 is 1.43 bits per heavy atom. The van der Waals surface area contributed by atoms with Gasteiger partial charge in [0, 0.05) is 25.5 Å². The van der Waals surface area contributed by atoms with E-state index in [0.717, 1.165) is 27.6 Å². The molecule has 1 unspecified atom stereocenters. The van der Waals surface area contributed by atoms with Gasteiger partial charge in [-0.3, -0.25) is 14.2 Å². The minimum Gasteiger partial charge on any atom is -0.354 e. The number of aryl methyl sites for hydroxylation is 2. The second-order valence-corrected chi connectivity index (χ2v) is 6.55. The first kappa shape index (κ1) is 16.2. The molecule has 1 N–H and O–H groups in total. The zero-order valence-corrected chi connectivity index (χ0v) is 15.1. The van der Waals surface area contributed by atoms with Crippen LogP contribution in [-0.2, 0) is 11.3 Å². The van der Waals surface area contributed by atoms with Crippen LogP contribution in [0, 0.1) is 6.92 Å². The van der Waals surface area contributed by atoms with Gasteiger partial charge in [-0.15, -0.1) is 0 Å². The number of hydrogen-bond donors (Lipinski definition) is 1. The Balaban J connectivity index is 1.74. The first-order valence-electron chi connectivity index (χ1n) is 6.64. The maximum Gasteiger partial charge on any atom is 0.244 e. The topological polar surface area (TPSA) is 64.7 Å². The van der Waals surface area contributed by atoms with Crippen molar-refractivity contribution >= 4 is 37.8 Å². The number of nitrogens with one attached hydrogen (secondary N) is 1. The number of aromatic nitrogens is 4. The van der Waals surface area contributed by atoms with Gasteiger partial charge in [0.1, 0.15) is 6.04 Å². The van der Waals surface area contributed by atoms with E-state index in [1.54, 1.807) is 17.1 Å². The molecule has 0 bridgehead atoms. The van der Waals surface area contributed by atoms with Crippen molar-refractivity contribution in [3.8, 4) is 0 Å². The third-order valence-corrected chi connectivity index (χ3v) is 4.28. The predicted octanol–water partition coefficient (Wildman–Crippen LogP) is 2.68. The Morgan fingerprint density at radius 2 is 2.19 bits per heavy atom. The Hall–Kier alpha value is -1.15. The quantitative estimate of drug-likeness (QED) is 0.733. The van der Waals surface area contributed by atoms with E-state index in [9.17, 15) is 4.79 Å². The van der Waals surface area contributed by atoms with Gasteiger partial charge < -0.3 is 5.32 Å². The van der Waals surface area contributed by atoms with Crippen LogP contribution in [-0.4, -0.2) is 32.0 Å². The van der Waals surface area contributed by atoms with Crippen LogP contribution in [0.4, 0.5) is 0 Å². The summed E-state index contributed by atoms with van der Waals surface area (Å²) in [4.78, 5) is 12.0. The number of rotatable bonds is 6. The van der Waals surface area contributed by atoms with Gasteiger partial charge in [0.2, 0.25) is 5.91 Å². The lowest BCUT2D eigenvalue weighted by Crippen LogP contribution is -2.32. The fourth-order valence-electron chi connectivity index (χ4n) is 1.86. The second-order valence-electron chi connectivity index (χ2n) is 4.78. The third-order valence-electron chi connectivity index (χ3n) is 3.10. The van der Waals surface area contributed by atoms with Crippen LogP contribution in [0.1, 0.15) is 25.1 Å². The van der Waals surface area contributed by atoms with Crippen LogP contribution in [0.25, 0.3) is 0 Å². The average Bonchev–Trinajstić information content (AvgIpc) is 3.00. The summed E-state index contributed by atoms with van der Waals surface area (Å²) in [5.74, 6) is -0.0385. The molecule has 21 heavy (non-hydrogen) atoms. The molecule has 1 atom stereocenters. The van der Waals surface area contributed by atoms with Crippen LogP contribution in [0.2, 0.25) is 0 Å². The van der Waals surface area contributed by atoms with Crippen molar-refractivity contribution in [1.82, 2.24) is 24.9 Å². The summed E-state index contributed by atoms with van der Waals surface area (Å²) < 4.78 is 5.37. The summed E-state index contributed by atoms with van der Waals surface area (Å²) in [6.07, 6.45) is 6.23. The summed E-state index contributed by atoms with van der Waals surface area (Å²) >= 11 is 6.75. The van der Waals surface area contributed by atoms with Crippen LogP contribution in [0.5, 0.6) is 0 Å². The molecule has 0 saturated carbocycles. The highest BCUT2D eigenvalue weighted by Gasteiger charge is 2.14. The van der Waals surface area contributed by atoms with Crippen LogP contribution in [0.15, 0.2) is 27.5 Å². The van der Waals surface area contributed by atoms with Gasteiger partial charge in [0.05, 0.1) is 20.8 Å². The molecule has 0 fully saturated rings. The van der Waals surface area contributed by atoms with Crippen molar-refractivity contribution in [1.29, 1.82) is 0 Å². The lowest BCUT2D eigenvalue weighted by Gasteiger charge is -2.12. The van der Waals surface area contributed by atoms with Gasteiger partial charge >= 0.3 is 0 Å². The smallest absolute Gasteiger partial charge is 0.244 e. The first-order chi connectivity index (χ1) is 9.97. The van der Waals surface area contributed by atoms with Crippen molar-refractivity contribution in [2.24, 2.45) is 0 Å². The van der Waals surface area contributed by atoms with Crippen LogP contribution >= 0.6 is 31.9 Å². The van der Waals surface area contributed by atoms with E-state index in [1.807, 2.05) is 24.7 Å². The van der Waals surface area contributed by atoms with Crippen molar-refractivity contribution in [3.63, 3.8) is 0 Å². The molecule has 0 aromatic carbocycles. The number of carbonyl (C=O) groups is 1. The number of carbonyl (C=O) groups excluding carboxylic acids is 1. The summed E-state index contributed by atoms with van der Waals surface area (Å²) in [7, 11) is 0. The van der Waals surface area contributed by atoms with E-state index >= 15 is 0 Å². The molecule has 2 aromatic heterocycles. The van der Waals surface area contributed by atoms with E-state index in [0.29, 0.717) is 6.54 Å². The van der Waals surface area contributed by atoms with Crippen molar-refractivity contribution in [2.75, 3.05) is 6.54 Å². The maximum absolute atomic E-state index is 12.0. The van der Waals surface area contributed by atoms with Crippen molar-refractivity contribution < 1.29 is 4.79 Å². The zero-order valence-electron chi connectivity index (χ0n) is 11.9. The van der Waals surface area contributed by atoms with E-state index in [-0.39, 0.29) is 11.9 Å². The number of hydrogen-bond acceptors (Lipinski definition) is 3. The van der Waals surface area contributed by atoms with Crippen LogP contribution < -0.4 is 5.32 Å². The highest BCUT2D eigenvalue weighted by molar-refractivity contribution is 9.10. The largest absolute Gasteiger partial charge is 0.354 e. The van der Waals surface area contributed by atoms with Gasteiger partial charge in [0.15, 0.2) is 0 Å². The van der Waals surface area contributed by atoms with Gasteiger partial charge in [-0.05, 0) is 52.1 Å². The lowest BCUT2D eigenvalue weighted by atomic mass is 10.3. The van der Waals surface area contributed by atoms with Gasteiger partial charge in [-0.2, -0.15) is 10.2 Å². The van der Waals surface area contributed by atoms with Gasteiger partial charge in [-0.25, -0.2) is 0 Å². The molecule has 0 aliphatic rings. The standard InChI is InChI=1S/C13H17Br2N5O/c1-9-12(15)8-19(18-9)5-3-4-16-13(21)10(2)20-7-11(14)6-17-20/h6-8,10H,3-5H2,1-2H3,(H,16,21). The molecule has 2 aromatic rings. The van der Waals surface area contributed by atoms with Crippen molar-refractivity contribution in [2.45, 2.75) is 32.9 Å². The molecule has 0 saturated heterocycles. The number of amides is 1. The fraction of sp³-hybridized carbons (Fsp3) is 0.462. The highest BCUT2D eigenvalue weighted by Crippen LogP contribution is 2.13. The Kier molecular flexibility index (Phi) is 5.58. The molecular formula is C13H17Br2N5O. The summed E-state index contributed by atoms with van der Waals surface area (Å²) in [6.45, 7) is 5.16. The molecule has 6 nitrogen and oxygen atoms in total. The fourth-order valence-corrected chi connectivity index (χ4v) is 2.47. The van der Waals surface area contributed by atoms with Crippen molar-refractivity contribution in [3.05, 3.63) is 33.2 Å². The molecular weight excluding hydrogens is 402 g/mol. The summed E-state index contributed by atoms with van der Waals surface area (Å²) in [5.41, 5.74) is 0.969. The molecule has 2 heterocycles. The first-order valence-corrected chi connectivity index (χ1v) is 8.23. The lowest BCUT2D eigenvalue weighted by molar-refractivity contribution is -0.124. The highest BCUT2D eigenvalue weighted by atomic mass is 79.9. The average molecular weight is 419 g/mol. The monoisotopic (exact) mass is 417 g/mol. The van der Waals surface area contributed by atoms with E-state index in [2.05, 4.69) is 47.4 Å². The molecule has 0 aliphatic carbocycles. The van der Waals surface area contributed by atoms with Crippen LogP contribution in [0.3, 0.4) is 0 Å². The Bertz CT molecular complexity index is 602. The molecule has 8 heteroatoms.